The molecule has 5 saturated heterocycles. The number of ether oxygens (including phenoxy) is 4. The molecule has 0 unspecified atom stereocenters. The Morgan fingerprint density at radius 1 is 1.03 bits per heavy atom. The van der Waals surface area contributed by atoms with E-state index in [-0.39, 0.29) is 11.4 Å². The van der Waals surface area contributed by atoms with Crippen LogP contribution in [0.15, 0.2) is 23.8 Å². The van der Waals surface area contributed by atoms with E-state index in [2.05, 4.69) is 33.4 Å². The Balaban J connectivity index is 1.18. The van der Waals surface area contributed by atoms with Crippen LogP contribution in [0.2, 0.25) is 0 Å². The summed E-state index contributed by atoms with van der Waals surface area (Å²) in [4.78, 5) is 11.9. The molecule has 0 aromatic carbocycles. The molecule has 6 nitrogen and oxygen atoms in total. The van der Waals surface area contributed by atoms with Crippen molar-refractivity contribution in [1.29, 1.82) is 0 Å². The zero-order valence-electron chi connectivity index (χ0n) is 23.0. The summed E-state index contributed by atoms with van der Waals surface area (Å²) < 4.78 is 24.4. The van der Waals surface area contributed by atoms with Gasteiger partial charge < -0.3 is 24.1 Å². The highest BCUT2D eigenvalue weighted by Gasteiger charge is 2.71. The molecule has 6 rings (SSSR count). The Labute approximate surface area is 216 Å². The van der Waals surface area contributed by atoms with Crippen molar-refractivity contribution >= 4 is 5.97 Å². The Kier molecular flexibility index (Phi) is 6.55. The van der Waals surface area contributed by atoms with E-state index in [0.717, 1.165) is 50.5 Å². The molecule has 1 N–H and O–H groups in total. The minimum Gasteiger partial charge on any atom is -0.462 e. The normalized spacial score (nSPS) is 44.8. The summed E-state index contributed by atoms with van der Waals surface area (Å²) in [7, 11) is 0. The van der Waals surface area contributed by atoms with Gasteiger partial charge in [-0.15, -0.1) is 0 Å². The van der Waals surface area contributed by atoms with Gasteiger partial charge in [-0.3, -0.25) is 0 Å². The summed E-state index contributed by atoms with van der Waals surface area (Å²) >= 11 is 0. The molecule has 6 fully saturated rings. The van der Waals surface area contributed by atoms with Crippen molar-refractivity contribution in [2.75, 3.05) is 13.2 Å². The summed E-state index contributed by atoms with van der Waals surface area (Å²) in [5.74, 6) is -0.816. The second-order valence-electron chi connectivity index (χ2n) is 13.4. The van der Waals surface area contributed by atoms with Gasteiger partial charge in [0.1, 0.15) is 11.2 Å². The number of cyclic esters (lactones) is 1. The first-order valence-electron chi connectivity index (χ1n) is 14.1. The molecule has 2 bridgehead atoms. The SMILES string of the molecule is C=C1CC[C@@H](CC[C@@H]2CC[C@]3(OC2)O[C@@]2(O)CC[C@]3(C)OC2(C)C)C(C)(C)[C@H]1C/C=C1\CCOC1=O. The maximum atomic E-state index is 11.9. The molecule has 1 aliphatic carbocycles. The maximum absolute atomic E-state index is 11.9. The molecule has 0 amide bonds. The van der Waals surface area contributed by atoms with Gasteiger partial charge in [-0.25, -0.2) is 4.79 Å². The molecule has 202 valence electrons. The molecule has 5 aliphatic heterocycles. The van der Waals surface area contributed by atoms with Gasteiger partial charge in [0.05, 0.1) is 13.2 Å². The second kappa shape index (κ2) is 8.93. The van der Waals surface area contributed by atoms with Gasteiger partial charge in [0, 0.05) is 24.8 Å². The van der Waals surface area contributed by atoms with Gasteiger partial charge in [-0.05, 0) is 88.9 Å². The van der Waals surface area contributed by atoms with Crippen molar-refractivity contribution in [3.05, 3.63) is 23.8 Å². The Hall–Kier alpha value is -1.21. The van der Waals surface area contributed by atoms with Gasteiger partial charge in [-0.2, -0.15) is 0 Å². The van der Waals surface area contributed by atoms with E-state index in [9.17, 15) is 9.90 Å². The number of aliphatic hydroxyl groups is 1. The lowest BCUT2D eigenvalue weighted by molar-refractivity contribution is -0.522. The van der Waals surface area contributed by atoms with E-state index in [1.807, 2.05) is 13.8 Å². The molecule has 1 saturated carbocycles. The van der Waals surface area contributed by atoms with Crippen LogP contribution in [0.4, 0.5) is 0 Å². The first-order valence-corrected chi connectivity index (χ1v) is 14.1. The van der Waals surface area contributed by atoms with Crippen molar-refractivity contribution in [3.8, 4) is 0 Å². The topological polar surface area (TPSA) is 74.2 Å². The molecule has 6 aliphatic rings. The van der Waals surface area contributed by atoms with E-state index in [1.54, 1.807) is 0 Å². The fourth-order valence-electron chi connectivity index (χ4n) is 7.79. The van der Waals surface area contributed by atoms with Crippen LogP contribution in [-0.4, -0.2) is 47.1 Å². The first-order chi connectivity index (χ1) is 16.8. The maximum Gasteiger partial charge on any atom is 0.333 e. The van der Waals surface area contributed by atoms with Crippen LogP contribution >= 0.6 is 0 Å². The van der Waals surface area contributed by atoms with Gasteiger partial charge >= 0.3 is 5.97 Å². The lowest BCUT2D eigenvalue weighted by Gasteiger charge is -2.66. The number of allylic oxidation sites excluding steroid dienone is 2. The van der Waals surface area contributed by atoms with Gasteiger partial charge in [0.2, 0.25) is 5.79 Å². The summed E-state index contributed by atoms with van der Waals surface area (Å²) in [6.07, 6.45) is 11.3. The number of carbonyl (C=O) groups is 1. The number of hydrogen-bond donors (Lipinski definition) is 1. The highest BCUT2D eigenvalue weighted by atomic mass is 16.8. The van der Waals surface area contributed by atoms with Gasteiger partial charge in [0.15, 0.2) is 5.79 Å². The van der Waals surface area contributed by atoms with Crippen molar-refractivity contribution in [1.82, 2.24) is 0 Å². The molecule has 0 radical (unpaired) electrons. The smallest absolute Gasteiger partial charge is 0.333 e. The van der Waals surface area contributed by atoms with Crippen molar-refractivity contribution in [2.45, 2.75) is 122 Å². The van der Waals surface area contributed by atoms with E-state index < -0.39 is 22.8 Å². The number of esters is 1. The molecule has 6 atom stereocenters. The predicted octanol–water partition coefficient (Wildman–Crippen LogP) is 5.83. The summed E-state index contributed by atoms with van der Waals surface area (Å²) in [5, 5.41) is 11.2. The minimum atomic E-state index is -1.30. The third-order valence-corrected chi connectivity index (χ3v) is 10.6. The second-order valence-corrected chi connectivity index (χ2v) is 13.4. The fraction of sp³-hybridized carbons (Fsp3) is 0.833. The standard InChI is InChI=1S/C30H46O6/c1-20-7-10-23(26(2,3)24(20)12-9-22-14-18-33-25(22)31)11-8-21-13-15-30(34-19-21)28(6)16-17-29(32,36-30)27(4,5)35-28/h9,21,23-24,32H,1,7-8,10-19H2,2-6H3/b22-9+/t21-,23+,24+,28+,29+,30+/m1/s1. The third kappa shape index (κ3) is 4.20. The van der Waals surface area contributed by atoms with Crippen LogP contribution < -0.4 is 0 Å². The third-order valence-electron chi connectivity index (χ3n) is 10.6. The fourth-order valence-corrected chi connectivity index (χ4v) is 7.79. The van der Waals surface area contributed by atoms with Crippen molar-refractivity contribution in [3.63, 3.8) is 0 Å². The molecule has 5 heterocycles. The quantitative estimate of drug-likeness (QED) is 0.290. The lowest BCUT2D eigenvalue weighted by atomic mass is 9.58. The molecular weight excluding hydrogens is 456 g/mol. The number of carbonyl (C=O) groups excluding carboxylic acids is 1. The van der Waals surface area contributed by atoms with Crippen molar-refractivity contribution in [2.24, 2.45) is 23.2 Å². The number of hydrogen-bond acceptors (Lipinski definition) is 6. The Morgan fingerprint density at radius 2 is 1.81 bits per heavy atom. The zero-order valence-corrected chi connectivity index (χ0v) is 23.0. The van der Waals surface area contributed by atoms with E-state index >= 15 is 0 Å². The molecule has 1 spiro atoms. The average Bonchev–Trinajstić information content (AvgIpc) is 3.20. The highest BCUT2D eigenvalue weighted by Crippen LogP contribution is 2.59. The summed E-state index contributed by atoms with van der Waals surface area (Å²) in [6.45, 7) is 16.3. The first kappa shape index (κ1) is 26.4. The van der Waals surface area contributed by atoms with Crippen LogP contribution in [0, 0.1) is 23.2 Å². The van der Waals surface area contributed by atoms with Crippen LogP contribution in [0.25, 0.3) is 0 Å². The van der Waals surface area contributed by atoms with Gasteiger partial charge in [0.25, 0.3) is 0 Å². The number of fused-ring (bicyclic) bond motifs is 2. The van der Waals surface area contributed by atoms with Gasteiger partial charge in [-0.1, -0.05) is 32.1 Å². The molecule has 0 aromatic rings. The predicted molar refractivity (Wildman–Crippen MR) is 137 cm³/mol. The van der Waals surface area contributed by atoms with E-state index in [0.29, 0.717) is 37.4 Å². The van der Waals surface area contributed by atoms with Crippen LogP contribution in [0.3, 0.4) is 0 Å². The summed E-state index contributed by atoms with van der Waals surface area (Å²) in [6, 6.07) is 0. The Morgan fingerprint density at radius 3 is 2.44 bits per heavy atom. The minimum absolute atomic E-state index is 0.132. The summed E-state index contributed by atoms with van der Waals surface area (Å²) in [5.41, 5.74) is 1.00. The van der Waals surface area contributed by atoms with Crippen LogP contribution in [0.1, 0.15) is 98.8 Å². The zero-order chi connectivity index (χ0) is 26.0. The lowest BCUT2D eigenvalue weighted by Crippen LogP contribution is -2.78. The number of rotatable bonds is 5. The van der Waals surface area contributed by atoms with Crippen LogP contribution in [-0.2, 0) is 23.7 Å². The monoisotopic (exact) mass is 502 g/mol. The average molecular weight is 503 g/mol. The largest absolute Gasteiger partial charge is 0.462 e. The molecule has 0 aromatic heterocycles. The highest BCUT2D eigenvalue weighted by molar-refractivity contribution is 5.90. The van der Waals surface area contributed by atoms with E-state index in [1.165, 1.54) is 18.4 Å². The molecule has 6 heteroatoms. The molecular formula is C30H46O6. The Bertz CT molecular complexity index is 926. The van der Waals surface area contributed by atoms with Crippen LogP contribution in [0.5, 0.6) is 0 Å². The van der Waals surface area contributed by atoms with Crippen molar-refractivity contribution < 1.29 is 28.8 Å². The molecule has 36 heavy (non-hydrogen) atoms. The van der Waals surface area contributed by atoms with E-state index in [4.69, 9.17) is 18.9 Å².